The molecule has 19 heavy (non-hydrogen) atoms. The standard InChI is InChI=1S/C9H12N2O6S2/c10-7-1-3-8(4-2-7)11-9(12)18(13,14)5-6-19(15,16)17/h1-4H,5-6,10H2,(H,11,12)(H,15,16,17). The molecule has 0 saturated carbocycles. The Bertz CT molecular complexity index is 663. The first-order valence-corrected chi connectivity index (χ1v) is 8.21. The van der Waals surface area contributed by atoms with Crippen molar-refractivity contribution in [2.75, 3.05) is 22.6 Å². The highest BCUT2D eigenvalue weighted by molar-refractivity contribution is 8.06. The molecule has 1 rings (SSSR count). The molecule has 106 valence electrons. The summed E-state index contributed by atoms with van der Waals surface area (Å²) in [6.07, 6.45) is 0. The van der Waals surface area contributed by atoms with Gasteiger partial charge in [0.05, 0.1) is 11.5 Å². The van der Waals surface area contributed by atoms with Crippen molar-refractivity contribution in [2.24, 2.45) is 0 Å². The second-order valence-corrected chi connectivity index (χ2v) is 7.22. The van der Waals surface area contributed by atoms with Gasteiger partial charge in [-0.05, 0) is 24.3 Å². The summed E-state index contributed by atoms with van der Waals surface area (Å²) in [5, 5.41) is 0.740. The van der Waals surface area contributed by atoms with E-state index in [1.54, 1.807) is 0 Å². The maximum atomic E-state index is 11.4. The van der Waals surface area contributed by atoms with E-state index in [4.69, 9.17) is 10.3 Å². The first-order valence-electron chi connectivity index (χ1n) is 4.94. The molecule has 8 nitrogen and oxygen atoms in total. The van der Waals surface area contributed by atoms with Gasteiger partial charge in [-0.25, -0.2) is 8.42 Å². The quantitative estimate of drug-likeness (QED) is 0.528. The van der Waals surface area contributed by atoms with Gasteiger partial charge in [-0.15, -0.1) is 0 Å². The van der Waals surface area contributed by atoms with Gasteiger partial charge in [-0.1, -0.05) is 0 Å². The Balaban J connectivity index is 2.74. The number of sulfone groups is 1. The summed E-state index contributed by atoms with van der Waals surface area (Å²) < 4.78 is 52.2. The topological polar surface area (TPSA) is 144 Å². The molecule has 0 aromatic heterocycles. The molecule has 0 bridgehead atoms. The molecule has 0 atom stereocenters. The Morgan fingerprint density at radius 1 is 1.11 bits per heavy atom. The van der Waals surface area contributed by atoms with E-state index in [1.807, 2.05) is 0 Å². The molecule has 4 N–H and O–H groups in total. The Hall–Kier alpha value is -1.65. The van der Waals surface area contributed by atoms with E-state index in [-0.39, 0.29) is 5.69 Å². The third-order valence-electron chi connectivity index (χ3n) is 2.05. The molecule has 0 unspecified atom stereocenters. The Morgan fingerprint density at radius 3 is 2.11 bits per heavy atom. The zero-order valence-electron chi connectivity index (χ0n) is 9.61. The smallest absolute Gasteiger partial charge is 0.340 e. The highest BCUT2D eigenvalue weighted by Gasteiger charge is 2.24. The zero-order chi connectivity index (χ0) is 14.7. The van der Waals surface area contributed by atoms with Gasteiger partial charge in [0.25, 0.3) is 10.1 Å². The lowest BCUT2D eigenvalue weighted by molar-refractivity contribution is 0.267. The third-order valence-corrected chi connectivity index (χ3v) is 4.44. The molecule has 10 heteroatoms. The number of rotatable bonds is 4. The predicted octanol–water partition coefficient (Wildman–Crippen LogP) is 0.103. The summed E-state index contributed by atoms with van der Waals surface area (Å²) in [5.41, 5.74) is 6.05. The fourth-order valence-corrected chi connectivity index (χ4v) is 3.25. The molecule has 0 spiro atoms. The van der Waals surface area contributed by atoms with Crippen molar-refractivity contribution in [3.05, 3.63) is 24.3 Å². The summed E-state index contributed by atoms with van der Waals surface area (Å²) in [6.45, 7) is 0. The Kier molecular flexibility index (Phi) is 4.50. The number of hydrogen-bond acceptors (Lipinski definition) is 6. The number of benzene rings is 1. The second kappa shape index (κ2) is 5.55. The maximum Gasteiger partial charge on any atom is 0.340 e. The molecule has 1 aromatic carbocycles. The molecule has 0 aliphatic carbocycles. The summed E-state index contributed by atoms with van der Waals surface area (Å²) in [7, 11) is -8.77. The number of nitrogens with one attached hydrogen (secondary N) is 1. The maximum absolute atomic E-state index is 11.4. The van der Waals surface area contributed by atoms with Crippen molar-refractivity contribution in [3.8, 4) is 0 Å². The number of carbonyl (C=O) groups is 1. The zero-order valence-corrected chi connectivity index (χ0v) is 11.2. The number of nitrogens with two attached hydrogens (primary N) is 1. The van der Waals surface area contributed by atoms with Crippen LogP contribution in [0.1, 0.15) is 0 Å². The summed E-state index contributed by atoms with van der Waals surface area (Å²) in [5.74, 6) is -2.03. The minimum atomic E-state index is -4.45. The largest absolute Gasteiger partial charge is 0.399 e. The van der Waals surface area contributed by atoms with Gasteiger partial charge in [-0.3, -0.25) is 9.35 Å². The third kappa shape index (κ3) is 5.24. The van der Waals surface area contributed by atoms with Crippen LogP contribution < -0.4 is 11.1 Å². The minimum absolute atomic E-state index is 0.203. The molecule has 0 heterocycles. The van der Waals surface area contributed by atoms with Crippen LogP contribution >= 0.6 is 0 Å². The molecule has 0 radical (unpaired) electrons. The molecule has 0 aliphatic heterocycles. The fraction of sp³-hybridized carbons (Fsp3) is 0.222. The Labute approximate surface area is 110 Å². The molecular formula is C9H12N2O6S2. The number of anilines is 2. The minimum Gasteiger partial charge on any atom is -0.399 e. The molecule has 1 aromatic rings. The van der Waals surface area contributed by atoms with E-state index in [9.17, 15) is 21.6 Å². The molecule has 0 aliphatic rings. The van der Waals surface area contributed by atoms with Gasteiger partial charge in [0.2, 0.25) is 9.84 Å². The van der Waals surface area contributed by atoms with Gasteiger partial charge < -0.3 is 11.1 Å². The van der Waals surface area contributed by atoms with Crippen LogP contribution in [0, 0.1) is 0 Å². The van der Waals surface area contributed by atoms with Crippen molar-refractivity contribution in [1.29, 1.82) is 0 Å². The van der Waals surface area contributed by atoms with Crippen LogP contribution in [0.15, 0.2) is 24.3 Å². The van der Waals surface area contributed by atoms with Crippen LogP contribution in [-0.2, 0) is 20.0 Å². The average Bonchev–Trinajstić information content (AvgIpc) is 2.29. The van der Waals surface area contributed by atoms with Crippen LogP contribution in [0.5, 0.6) is 0 Å². The first-order chi connectivity index (χ1) is 8.60. The van der Waals surface area contributed by atoms with Crippen LogP contribution in [-0.4, -0.2) is 38.1 Å². The highest BCUT2D eigenvalue weighted by Crippen LogP contribution is 2.11. The van der Waals surface area contributed by atoms with Gasteiger partial charge >= 0.3 is 5.24 Å². The van der Waals surface area contributed by atoms with Crippen LogP contribution in [0.3, 0.4) is 0 Å². The lowest BCUT2D eigenvalue weighted by Crippen LogP contribution is -2.27. The van der Waals surface area contributed by atoms with Crippen LogP contribution in [0.2, 0.25) is 0 Å². The predicted molar refractivity (Wildman–Crippen MR) is 70.1 cm³/mol. The first kappa shape index (κ1) is 15.4. The second-order valence-electron chi connectivity index (χ2n) is 3.64. The summed E-state index contributed by atoms with van der Waals surface area (Å²) in [4.78, 5) is 11.4. The van der Waals surface area contributed by atoms with Gasteiger partial charge in [-0.2, -0.15) is 8.42 Å². The van der Waals surface area contributed by atoms with Crippen molar-refractivity contribution >= 4 is 36.6 Å². The van der Waals surface area contributed by atoms with E-state index >= 15 is 0 Å². The number of carbonyl (C=O) groups excluding carboxylic acids is 1. The number of amides is 1. The lowest BCUT2D eigenvalue weighted by Gasteiger charge is -2.05. The Morgan fingerprint density at radius 2 is 1.63 bits per heavy atom. The number of hydrogen-bond donors (Lipinski definition) is 3. The van der Waals surface area contributed by atoms with Crippen molar-refractivity contribution in [2.45, 2.75) is 0 Å². The lowest BCUT2D eigenvalue weighted by atomic mass is 10.3. The van der Waals surface area contributed by atoms with E-state index in [0.717, 1.165) is 0 Å². The van der Waals surface area contributed by atoms with E-state index < -0.39 is 36.7 Å². The average molecular weight is 308 g/mol. The molecule has 0 fully saturated rings. The summed E-state index contributed by atoms with van der Waals surface area (Å²) >= 11 is 0. The number of nitrogen functional groups attached to an aromatic ring is 1. The highest BCUT2D eigenvalue weighted by atomic mass is 32.2. The van der Waals surface area contributed by atoms with Crippen LogP contribution in [0.25, 0.3) is 0 Å². The normalized spacial score (nSPS) is 12.1. The molecule has 1 amide bonds. The van der Waals surface area contributed by atoms with Gasteiger partial charge in [0.1, 0.15) is 0 Å². The van der Waals surface area contributed by atoms with E-state index in [1.165, 1.54) is 24.3 Å². The van der Waals surface area contributed by atoms with Crippen molar-refractivity contribution in [1.82, 2.24) is 0 Å². The summed E-state index contributed by atoms with van der Waals surface area (Å²) in [6, 6.07) is 5.71. The van der Waals surface area contributed by atoms with Crippen molar-refractivity contribution < 1.29 is 26.2 Å². The van der Waals surface area contributed by atoms with E-state index in [0.29, 0.717) is 5.69 Å². The molecular weight excluding hydrogens is 296 g/mol. The fourth-order valence-electron chi connectivity index (χ4n) is 1.07. The van der Waals surface area contributed by atoms with Crippen LogP contribution in [0.4, 0.5) is 16.2 Å². The van der Waals surface area contributed by atoms with Gasteiger partial charge in [0, 0.05) is 11.4 Å². The van der Waals surface area contributed by atoms with E-state index in [2.05, 4.69) is 5.32 Å². The SMILES string of the molecule is Nc1ccc(NC(=O)S(=O)(=O)CCS(=O)(=O)O)cc1. The molecule has 0 saturated heterocycles. The monoisotopic (exact) mass is 308 g/mol. The van der Waals surface area contributed by atoms with Crippen molar-refractivity contribution in [3.63, 3.8) is 0 Å². The van der Waals surface area contributed by atoms with Gasteiger partial charge in [0.15, 0.2) is 0 Å².